The molecule has 1 rings (SSSR count). The maximum atomic E-state index is 12.1. The molecule has 0 aliphatic rings. The van der Waals surface area contributed by atoms with E-state index in [-0.39, 0.29) is 19.1 Å². The first-order chi connectivity index (χ1) is 13.0. The van der Waals surface area contributed by atoms with Crippen molar-refractivity contribution in [2.75, 3.05) is 32.9 Å². The van der Waals surface area contributed by atoms with E-state index in [1.54, 1.807) is 23.1 Å². The Balaban J connectivity index is 2.91. The monoisotopic (exact) mass is 381 g/mol. The van der Waals surface area contributed by atoms with Gasteiger partial charge in [-0.2, -0.15) is 0 Å². The summed E-state index contributed by atoms with van der Waals surface area (Å²) in [6.07, 6.45) is 0.0617. The van der Waals surface area contributed by atoms with Crippen molar-refractivity contribution in [2.45, 2.75) is 46.6 Å². The van der Waals surface area contributed by atoms with Crippen LogP contribution in [0.1, 0.15) is 52.2 Å². The molecule has 1 unspecified atom stereocenters. The van der Waals surface area contributed by atoms with Crippen LogP contribution in [0.4, 0.5) is 0 Å². The van der Waals surface area contributed by atoms with Crippen molar-refractivity contribution in [1.82, 2.24) is 4.90 Å². The molecule has 1 amide bonds. The Morgan fingerprint density at radius 2 is 1.67 bits per heavy atom. The van der Waals surface area contributed by atoms with E-state index in [4.69, 9.17) is 14.2 Å². The topological polar surface area (TPSA) is 85.3 Å². The van der Waals surface area contributed by atoms with Crippen molar-refractivity contribution < 1.29 is 28.9 Å². The van der Waals surface area contributed by atoms with Crippen LogP contribution in [0, 0.1) is 0 Å². The van der Waals surface area contributed by atoms with Gasteiger partial charge >= 0.3 is 5.97 Å². The van der Waals surface area contributed by atoms with Gasteiger partial charge in [0.1, 0.15) is 0 Å². The van der Waals surface area contributed by atoms with Gasteiger partial charge < -0.3 is 24.2 Å². The summed E-state index contributed by atoms with van der Waals surface area (Å²) >= 11 is 0. The summed E-state index contributed by atoms with van der Waals surface area (Å²) in [4.78, 5) is 25.7. The maximum absolute atomic E-state index is 12.1. The first-order valence-corrected chi connectivity index (χ1v) is 9.50. The minimum Gasteiger partial charge on any atom is -0.490 e. The summed E-state index contributed by atoms with van der Waals surface area (Å²) in [5.74, 6) is -0.0526. The predicted molar refractivity (Wildman–Crippen MR) is 102 cm³/mol. The molecule has 0 heterocycles. The third-order valence-electron chi connectivity index (χ3n) is 3.88. The number of rotatable bonds is 12. The van der Waals surface area contributed by atoms with E-state index in [1.807, 2.05) is 27.7 Å². The number of amides is 1. The van der Waals surface area contributed by atoms with E-state index < -0.39 is 12.1 Å². The Kier molecular flexibility index (Phi) is 10.3. The number of aliphatic hydroxyl groups excluding tert-OH is 1. The van der Waals surface area contributed by atoms with Crippen LogP contribution in [-0.2, 0) is 14.3 Å². The summed E-state index contributed by atoms with van der Waals surface area (Å²) in [6, 6.07) is 4.70. The van der Waals surface area contributed by atoms with Gasteiger partial charge in [0.05, 0.1) is 13.2 Å². The minimum atomic E-state index is -1.40. The Morgan fingerprint density at radius 3 is 2.26 bits per heavy atom. The van der Waals surface area contributed by atoms with Crippen LogP contribution in [0.5, 0.6) is 11.5 Å². The first kappa shape index (κ1) is 22.8. The second-order valence-corrected chi connectivity index (χ2v) is 5.98. The van der Waals surface area contributed by atoms with Crippen molar-refractivity contribution in [2.24, 2.45) is 0 Å². The molecule has 0 aliphatic heterocycles. The lowest BCUT2D eigenvalue weighted by atomic mass is 10.1. The molecule has 0 aromatic heterocycles. The number of benzene rings is 1. The van der Waals surface area contributed by atoms with E-state index in [0.29, 0.717) is 43.2 Å². The van der Waals surface area contributed by atoms with Gasteiger partial charge in [-0.1, -0.05) is 19.9 Å². The van der Waals surface area contributed by atoms with E-state index >= 15 is 0 Å². The van der Waals surface area contributed by atoms with E-state index in [1.165, 1.54) is 0 Å². The highest BCUT2D eigenvalue weighted by atomic mass is 16.5. The fraction of sp³-hybridized carbons (Fsp3) is 0.600. The highest BCUT2D eigenvalue weighted by Crippen LogP contribution is 2.31. The summed E-state index contributed by atoms with van der Waals surface area (Å²) in [5, 5.41) is 10.2. The average molecular weight is 381 g/mol. The zero-order valence-corrected chi connectivity index (χ0v) is 16.7. The third-order valence-corrected chi connectivity index (χ3v) is 3.88. The van der Waals surface area contributed by atoms with Crippen molar-refractivity contribution in [1.29, 1.82) is 0 Å². The highest BCUT2D eigenvalue weighted by molar-refractivity contribution is 5.78. The number of carbonyl (C=O) groups excluding carboxylic acids is 2. The van der Waals surface area contributed by atoms with Crippen LogP contribution >= 0.6 is 0 Å². The molecule has 0 radical (unpaired) electrons. The molecule has 7 nitrogen and oxygen atoms in total. The van der Waals surface area contributed by atoms with Crippen LogP contribution < -0.4 is 9.47 Å². The van der Waals surface area contributed by atoms with Crippen molar-refractivity contribution in [3.05, 3.63) is 23.8 Å². The van der Waals surface area contributed by atoms with Gasteiger partial charge in [-0.05, 0) is 44.4 Å². The van der Waals surface area contributed by atoms with Crippen molar-refractivity contribution >= 4 is 11.9 Å². The molecule has 0 aliphatic carbocycles. The third kappa shape index (κ3) is 7.09. The first-order valence-electron chi connectivity index (χ1n) is 9.50. The predicted octanol–water partition coefficient (Wildman–Crippen LogP) is 2.71. The molecule has 7 heteroatoms. The van der Waals surface area contributed by atoms with Gasteiger partial charge in [0.15, 0.2) is 24.2 Å². The molecule has 27 heavy (non-hydrogen) atoms. The zero-order chi connectivity index (χ0) is 20.2. The molecule has 1 aromatic rings. The Hall–Kier alpha value is -2.28. The zero-order valence-electron chi connectivity index (χ0n) is 16.7. The number of ether oxygens (including phenoxy) is 3. The standard InChI is InChI=1S/C20H31NO6/c1-5-11-25-17-13-15(19(23)20(24)26-12-6-2)9-10-16(17)27-14-18(22)21(7-3)8-4/h9-10,13,19,23H,5-8,11-12,14H2,1-4H3. The smallest absolute Gasteiger partial charge is 0.339 e. The molecule has 152 valence electrons. The van der Waals surface area contributed by atoms with Gasteiger partial charge in [0, 0.05) is 13.1 Å². The fourth-order valence-electron chi connectivity index (χ4n) is 2.36. The molecule has 0 saturated carbocycles. The Labute approximate surface area is 161 Å². The number of likely N-dealkylation sites (N-methyl/N-ethyl adjacent to an activating group) is 1. The second-order valence-electron chi connectivity index (χ2n) is 5.98. The molecule has 0 spiro atoms. The Bertz CT molecular complexity index is 600. The number of hydrogen-bond acceptors (Lipinski definition) is 6. The van der Waals surface area contributed by atoms with Crippen LogP contribution in [0.3, 0.4) is 0 Å². The summed E-state index contributed by atoms with van der Waals surface area (Å²) < 4.78 is 16.3. The highest BCUT2D eigenvalue weighted by Gasteiger charge is 2.21. The molecule has 1 aromatic carbocycles. The maximum Gasteiger partial charge on any atom is 0.339 e. The molecular weight excluding hydrogens is 350 g/mol. The number of esters is 1. The lowest BCUT2D eigenvalue weighted by Crippen LogP contribution is -2.34. The largest absolute Gasteiger partial charge is 0.490 e. The van der Waals surface area contributed by atoms with E-state index in [0.717, 1.165) is 6.42 Å². The molecule has 1 N–H and O–H groups in total. The number of carbonyl (C=O) groups is 2. The molecule has 0 bridgehead atoms. The quantitative estimate of drug-likeness (QED) is 0.560. The number of aliphatic hydroxyl groups is 1. The average Bonchev–Trinajstić information content (AvgIpc) is 2.69. The molecule has 0 saturated heterocycles. The Morgan fingerprint density at radius 1 is 1.00 bits per heavy atom. The second kappa shape index (κ2) is 12.2. The van der Waals surface area contributed by atoms with Crippen LogP contribution in [0.15, 0.2) is 18.2 Å². The summed E-state index contributed by atoms with van der Waals surface area (Å²) in [5.41, 5.74) is 0.352. The lowest BCUT2D eigenvalue weighted by molar-refractivity contribution is -0.153. The van der Waals surface area contributed by atoms with Crippen LogP contribution in [0.2, 0.25) is 0 Å². The lowest BCUT2D eigenvalue weighted by Gasteiger charge is -2.20. The minimum absolute atomic E-state index is 0.107. The molecule has 0 fully saturated rings. The SMILES string of the molecule is CCCOC(=O)C(O)c1ccc(OCC(=O)N(CC)CC)c(OCCC)c1. The number of hydrogen-bond donors (Lipinski definition) is 1. The summed E-state index contributed by atoms with van der Waals surface area (Å²) in [7, 11) is 0. The van der Waals surface area contributed by atoms with Gasteiger partial charge in [-0.15, -0.1) is 0 Å². The van der Waals surface area contributed by atoms with Gasteiger partial charge in [0.2, 0.25) is 0 Å². The van der Waals surface area contributed by atoms with Crippen molar-refractivity contribution in [3.63, 3.8) is 0 Å². The molecule has 1 atom stereocenters. The van der Waals surface area contributed by atoms with Gasteiger partial charge in [-0.3, -0.25) is 4.79 Å². The summed E-state index contributed by atoms with van der Waals surface area (Å²) in [6.45, 7) is 9.48. The molecular formula is C20H31NO6. The van der Waals surface area contributed by atoms with Crippen molar-refractivity contribution in [3.8, 4) is 11.5 Å². The van der Waals surface area contributed by atoms with Crippen LogP contribution in [0.25, 0.3) is 0 Å². The van der Waals surface area contributed by atoms with Crippen LogP contribution in [-0.4, -0.2) is 54.8 Å². The fourth-order valence-corrected chi connectivity index (χ4v) is 2.36. The van der Waals surface area contributed by atoms with E-state index in [9.17, 15) is 14.7 Å². The van der Waals surface area contributed by atoms with Gasteiger partial charge in [0.25, 0.3) is 5.91 Å². The van der Waals surface area contributed by atoms with Gasteiger partial charge in [-0.25, -0.2) is 4.79 Å². The normalized spacial score (nSPS) is 11.6. The number of nitrogens with zero attached hydrogens (tertiary/aromatic N) is 1. The van der Waals surface area contributed by atoms with E-state index in [2.05, 4.69) is 0 Å².